The van der Waals surface area contributed by atoms with Crippen molar-refractivity contribution in [3.8, 4) is 0 Å². The second-order valence-electron chi connectivity index (χ2n) is 2.87. The second kappa shape index (κ2) is 5.51. The van der Waals surface area contributed by atoms with Crippen LogP contribution in [0.1, 0.15) is 10.4 Å². The average Bonchev–Trinajstić information content (AvgIpc) is 2.59. The molecule has 0 radical (unpaired) electrons. The van der Waals surface area contributed by atoms with Crippen LogP contribution in [0.15, 0.2) is 12.4 Å². The van der Waals surface area contributed by atoms with Crippen LogP contribution < -0.4 is 0 Å². The van der Waals surface area contributed by atoms with Gasteiger partial charge >= 0.3 is 0 Å². The highest BCUT2D eigenvalue weighted by atomic mass is 16.5. The number of ketones is 1. The van der Waals surface area contributed by atoms with Crippen LogP contribution >= 0.6 is 0 Å². The normalized spacial score (nSPS) is 10.4. The van der Waals surface area contributed by atoms with Crippen LogP contribution in [0.4, 0.5) is 0 Å². The summed E-state index contributed by atoms with van der Waals surface area (Å²) in [5, 5.41) is 3.90. The van der Waals surface area contributed by atoms with Crippen LogP contribution in [0.5, 0.6) is 0 Å². The molecule has 5 heteroatoms. The molecule has 0 saturated carbocycles. The molecule has 0 amide bonds. The Hall–Kier alpha value is -1.20. The summed E-state index contributed by atoms with van der Waals surface area (Å²) >= 11 is 0. The molecule has 1 aromatic rings. The summed E-state index contributed by atoms with van der Waals surface area (Å²) < 4.78 is 11.5. The lowest BCUT2D eigenvalue weighted by Crippen LogP contribution is -2.11. The minimum atomic E-state index is -0.0609. The van der Waals surface area contributed by atoms with E-state index in [1.807, 2.05) is 0 Å². The number of methoxy groups -OCH3 is 1. The van der Waals surface area contributed by atoms with E-state index in [2.05, 4.69) is 5.10 Å². The fraction of sp³-hybridized carbons (Fsp3) is 0.556. The fourth-order valence-corrected chi connectivity index (χ4v) is 0.956. The van der Waals surface area contributed by atoms with Crippen molar-refractivity contribution in [1.29, 1.82) is 0 Å². The third kappa shape index (κ3) is 3.27. The number of hydrogen-bond acceptors (Lipinski definition) is 4. The van der Waals surface area contributed by atoms with Gasteiger partial charge in [-0.15, -0.1) is 0 Å². The molecule has 78 valence electrons. The van der Waals surface area contributed by atoms with E-state index in [0.717, 1.165) is 0 Å². The third-order valence-electron chi connectivity index (χ3n) is 1.69. The molecule has 5 nitrogen and oxygen atoms in total. The van der Waals surface area contributed by atoms with Gasteiger partial charge in [-0.25, -0.2) is 0 Å². The van der Waals surface area contributed by atoms with Crippen molar-refractivity contribution in [2.75, 3.05) is 26.9 Å². The Morgan fingerprint density at radius 2 is 2.36 bits per heavy atom. The molecule has 0 spiro atoms. The summed E-state index contributed by atoms with van der Waals surface area (Å²) in [6, 6.07) is 0. The maximum absolute atomic E-state index is 11.4. The van der Waals surface area contributed by atoms with E-state index < -0.39 is 0 Å². The largest absolute Gasteiger partial charge is 0.382 e. The first-order valence-electron chi connectivity index (χ1n) is 4.32. The van der Waals surface area contributed by atoms with Gasteiger partial charge in [0.1, 0.15) is 6.61 Å². The van der Waals surface area contributed by atoms with Gasteiger partial charge in [-0.05, 0) is 0 Å². The number of hydrogen-bond donors (Lipinski definition) is 0. The smallest absolute Gasteiger partial charge is 0.191 e. The van der Waals surface area contributed by atoms with E-state index in [9.17, 15) is 4.79 Å². The van der Waals surface area contributed by atoms with Crippen molar-refractivity contribution in [3.63, 3.8) is 0 Å². The predicted molar refractivity (Wildman–Crippen MR) is 50.2 cm³/mol. The van der Waals surface area contributed by atoms with Crippen LogP contribution in [0.3, 0.4) is 0 Å². The van der Waals surface area contributed by atoms with Crippen molar-refractivity contribution in [2.45, 2.75) is 0 Å². The van der Waals surface area contributed by atoms with Crippen molar-refractivity contribution < 1.29 is 14.3 Å². The SMILES string of the molecule is COCCOCC(=O)c1cnn(C)c1. The number of nitrogens with zero attached hydrogens (tertiary/aromatic N) is 2. The molecule has 0 aromatic carbocycles. The molecular weight excluding hydrogens is 184 g/mol. The van der Waals surface area contributed by atoms with E-state index in [1.54, 1.807) is 25.0 Å². The van der Waals surface area contributed by atoms with Crippen molar-refractivity contribution in [2.24, 2.45) is 7.05 Å². The molecule has 0 aliphatic rings. The van der Waals surface area contributed by atoms with E-state index in [-0.39, 0.29) is 12.4 Å². The van der Waals surface area contributed by atoms with Crippen LogP contribution in [-0.4, -0.2) is 42.5 Å². The highest BCUT2D eigenvalue weighted by Gasteiger charge is 2.07. The molecule has 0 fully saturated rings. The Labute approximate surface area is 82.6 Å². The summed E-state index contributed by atoms with van der Waals surface area (Å²) in [7, 11) is 3.36. The van der Waals surface area contributed by atoms with Crippen molar-refractivity contribution in [3.05, 3.63) is 18.0 Å². The van der Waals surface area contributed by atoms with Gasteiger partial charge in [0.2, 0.25) is 0 Å². The molecule has 0 saturated heterocycles. The van der Waals surface area contributed by atoms with E-state index >= 15 is 0 Å². The van der Waals surface area contributed by atoms with Gasteiger partial charge in [-0.3, -0.25) is 9.48 Å². The lowest BCUT2D eigenvalue weighted by molar-refractivity contribution is 0.0577. The van der Waals surface area contributed by atoms with Gasteiger partial charge in [0.05, 0.1) is 25.0 Å². The molecule has 14 heavy (non-hydrogen) atoms. The van der Waals surface area contributed by atoms with Crippen LogP contribution in [0.25, 0.3) is 0 Å². The molecule has 0 atom stereocenters. The summed E-state index contributed by atoms with van der Waals surface area (Å²) in [5.74, 6) is -0.0609. The van der Waals surface area contributed by atoms with Gasteiger partial charge in [0.15, 0.2) is 5.78 Å². The van der Waals surface area contributed by atoms with Crippen molar-refractivity contribution in [1.82, 2.24) is 9.78 Å². The van der Waals surface area contributed by atoms with Gasteiger partial charge in [-0.1, -0.05) is 0 Å². The number of ether oxygens (including phenoxy) is 2. The molecule has 0 aliphatic heterocycles. The molecule has 0 aliphatic carbocycles. The summed E-state index contributed by atoms with van der Waals surface area (Å²) in [6.07, 6.45) is 3.20. The van der Waals surface area contributed by atoms with E-state index in [4.69, 9.17) is 9.47 Å². The Morgan fingerprint density at radius 1 is 1.57 bits per heavy atom. The lowest BCUT2D eigenvalue weighted by atomic mass is 10.2. The average molecular weight is 198 g/mol. The van der Waals surface area contributed by atoms with E-state index in [0.29, 0.717) is 18.8 Å². The topological polar surface area (TPSA) is 53.4 Å². The molecule has 1 aromatic heterocycles. The molecule has 0 unspecified atom stereocenters. The maximum Gasteiger partial charge on any atom is 0.191 e. The number of Topliss-reactive ketones (excluding diaryl/α,β-unsaturated/α-hetero) is 1. The zero-order chi connectivity index (χ0) is 10.4. The highest BCUT2D eigenvalue weighted by molar-refractivity contribution is 5.96. The first-order chi connectivity index (χ1) is 6.74. The first-order valence-corrected chi connectivity index (χ1v) is 4.32. The monoisotopic (exact) mass is 198 g/mol. The Bertz CT molecular complexity index is 296. The van der Waals surface area contributed by atoms with Crippen LogP contribution in [-0.2, 0) is 16.5 Å². The Kier molecular flexibility index (Phi) is 4.28. The Balaban J connectivity index is 2.29. The number of rotatable bonds is 6. The standard InChI is InChI=1S/C9H14N2O3/c1-11-6-8(5-10-11)9(12)7-14-4-3-13-2/h5-6H,3-4,7H2,1-2H3. The molecule has 0 bridgehead atoms. The second-order valence-corrected chi connectivity index (χ2v) is 2.87. The highest BCUT2D eigenvalue weighted by Crippen LogP contribution is 1.98. The molecule has 1 rings (SSSR count). The molecule has 0 N–H and O–H groups in total. The summed E-state index contributed by atoms with van der Waals surface area (Å²) in [4.78, 5) is 11.4. The van der Waals surface area contributed by atoms with E-state index in [1.165, 1.54) is 6.20 Å². The van der Waals surface area contributed by atoms with Gasteiger partial charge < -0.3 is 9.47 Å². The fourth-order valence-electron chi connectivity index (χ4n) is 0.956. The number of carbonyl (C=O) groups is 1. The predicted octanol–water partition coefficient (Wildman–Crippen LogP) is 0.266. The third-order valence-corrected chi connectivity index (χ3v) is 1.69. The van der Waals surface area contributed by atoms with Gasteiger partial charge in [0, 0.05) is 20.4 Å². The molecular formula is C9H14N2O3. The zero-order valence-electron chi connectivity index (χ0n) is 8.40. The zero-order valence-corrected chi connectivity index (χ0v) is 8.40. The number of aromatic nitrogens is 2. The number of carbonyl (C=O) groups excluding carboxylic acids is 1. The Morgan fingerprint density at radius 3 is 2.93 bits per heavy atom. The number of aryl methyl sites for hydroxylation is 1. The van der Waals surface area contributed by atoms with Gasteiger partial charge in [-0.2, -0.15) is 5.10 Å². The van der Waals surface area contributed by atoms with Crippen LogP contribution in [0, 0.1) is 0 Å². The lowest BCUT2D eigenvalue weighted by Gasteiger charge is -2.00. The molecule has 1 heterocycles. The summed E-state index contributed by atoms with van der Waals surface area (Å²) in [6.45, 7) is 1.01. The van der Waals surface area contributed by atoms with Crippen LogP contribution in [0.2, 0.25) is 0 Å². The first kappa shape index (κ1) is 10.9. The van der Waals surface area contributed by atoms with Crippen molar-refractivity contribution >= 4 is 5.78 Å². The van der Waals surface area contributed by atoms with Gasteiger partial charge in [0.25, 0.3) is 0 Å². The minimum Gasteiger partial charge on any atom is -0.382 e. The summed E-state index contributed by atoms with van der Waals surface area (Å²) in [5.41, 5.74) is 0.574. The quantitative estimate of drug-likeness (QED) is 0.486. The maximum atomic E-state index is 11.4. The minimum absolute atomic E-state index is 0.0609.